The lowest BCUT2D eigenvalue weighted by Gasteiger charge is -2.19. The van der Waals surface area contributed by atoms with Gasteiger partial charge in [0.05, 0.1) is 18.6 Å². The van der Waals surface area contributed by atoms with Crippen molar-refractivity contribution in [2.45, 2.75) is 24.8 Å². The smallest absolute Gasteiger partial charge is 0.326 e. The first-order valence-electron chi connectivity index (χ1n) is 8.49. The molecule has 1 unspecified atom stereocenters. The highest BCUT2D eigenvalue weighted by Gasteiger charge is 2.26. The molecule has 0 bridgehead atoms. The Labute approximate surface area is 159 Å². The number of hydrogen-bond acceptors (Lipinski definition) is 6. The number of hydrogen-bond donors (Lipinski definition) is 2. The van der Waals surface area contributed by atoms with Gasteiger partial charge in [0.1, 0.15) is 11.8 Å². The Balaban J connectivity index is 2.13. The number of carbonyl (C=O) groups is 1. The first-order valence-corrected chi connectivity index (χ1v) is 9.97. The van der Waals surface area contributed by atoms with Gasteiger partial charge in [0, 0.05) is 12.2 Å². The van der Waals surface area contributed by atoms with E-state index in [-0.39, 0.29) is 18.0 Å². The van der Waals surface area contributed by atoms with E-state index in [9.17, 15) is 13.2 Å². The lowest BCUT2D eigenvalue weighted by atomic mass is 10.2. The van der Waals surface area contributed by atoms with Crippen molar-refractivity contribution in [3.63, 3.8) is 0 Å². The molecule has 2 N–H and O–H groups in total. The summed E-state index contributed by atoms with van der Waals surface area (Å²) in [5, 5.41) is 3.04. The van der Waals surface area contributed by atoms with Gasteiger partial charge in [0.15, 0.2) is 0 Å². The van der Waals surface area contributed by atoms with Crippen LogP contribution in [0.1, 0.15) is 12.5 Å². The molecule has 0 aliphatic rings. The standard InChI is InChI=1S/C19H24N2O5S/c1-4-26-19(22)18(13-20-15-7-9-16(25-3)10-8-15)21-27(23,24)17-11-5-14(2)6-12-17/h5-12,18,20-21H,4,13H2,1-3H3. The van der Waals surface area contributed by atoms with Gasteiger partial charge in [-0.2, -0.15) is 4.72 Å². The number of rotatable bonds is 9. The van der Waals surface area contributed by atoms with Crippen LogP contribution in [-0.4, -0.2) is 40.7 Å². The highest BCUT2D eigenvalue weighted by Crippen LogP contribution is 2.15. The van der Waals surface area contributed by atoms with Crippen molar-refractivity contribution < 1.29 is 22.7 Å². The van der Waals surface area contributed by atoms with E-state index in [0.29, 0.717) is 5.75 Å². The Hall–Kier alpha value is -2.58. The summed E-state index contributed by atoms with van der Waals surface area (Å²) in [5.41, 5.74) is 1.66. The zero-order valence-electron chi connectivity index (χ0n) is 15.6. The molecule has 0 aromatic heterocycles. The van der Waals surface area contributed by atoms with Crippen LogP contribution in [0.2, 0.25) is 0 Å². The van der Waals surface area contributed by atoms with E-state index in [4.69, 9.17) is 9.47 Å². The minimum absolute atomic E-state index is 0.0379. The normalized spacial score (nSPS) is 12.3. The maximum atomic E-state index is 12.6. The fourth-order valence-corrected chi connectivity index (χ4v) is 3.50. The largest absolute Gasteiger partial charge is 0.497 e. The Morgan fingerprint density at radius 3 is 2.26 bits per heavy atom. The lowest BCUT2D eigenvalue weighted by molar-refractivity contribution is -0.144. The average molecular weight is 392 g/mol. The van der Waals surface area contributed by atoms with Gasteiger partial charge >= 0.3 is 5.97 Å². The number of carbonyl (C=O) groups excluding carboxylic acids is 1. The Kier molecular flexibility index (Phi) is 7.20. The van der Waals surface area contributed by atoms with Gasteiger partial charge in [-0.05, 0) is 50.2 Å². The quantitative estimate of drug-likeness (QED) is 0.636. The lowest BCUT2D eigenvalue weighted by Crippen LogP contribution is -2.46. The first kappa shape index (κ1) is 20.7. The van der Waals surface area contributed by atoms with Crippen molar-refractivity contribution in [1.29, 1.82) is 0 Å². The van der Waals surface area contributed by atoms with Crippen molar-refractivity contribution in [3.05, 3.63) is 54.1 Å². The molecule has 0 radical (unpaired) electrons. The number of ether oxygens (including phenoxy) is 2. The Bertz CT molecular complexity index is 849. The molecule has 0 aliphatic heterocycles. The van der Waals surface area contributed by atoms with E-state index in [1.807, 2.05) is 6.92 Å². The third-order valence-corrected chi connectivity index (χ3v) is 5.29. The van der Waals surface area contributed by atoms with Crippen LogP contribution in [0.15, 0.2) is 53.4 Å². The SMILES string of the molecule is CCOC(=O)C(CNc1ccc(OC)cc1)NS(=O)(=O)c1ccc(C)cc1. The molecule has 0 saturated heterocycles. The predicted octanol–water partition coefficient (Wildman–Crippen LogP) is 2.33. The number of nitrogens with one attached hydrogen (secondary N) is 2. The Morgan fingerprint density at radius 2 is 1.70 bits per heavy atom. The van der Waals surface area contributed by atoms with Crippen LogP contribution in [0.3, 0.4) is 0 Å². The summed E-state index contributed by atoms with van der Waals surface area (Å²) >= 11 is 0. The predicted molar refractivity (Wildman–Crippen MR) is 103 cm³/mol. The summed E-state index contributed by atoms with van der Waals surface area (Å²) in [6.07, 6.45) is 0. The second-order valence-corrected chi connectivity index (χ2v) is 7.56. The maximum Gasteiger partial charge on any atom is 0.326 e. The second kappa shape index (κ2) is 9.38. The molecule has 0 aliphatic carbocycles. The van der Waals surface area contributed by atoms with E-state index in [0.717, 1.165) is 11.3 Å². The summed E-state index contributed by atoms with van der Waals surface area (Å²) < 4.78 is 37.7. The van der Waals surface area contributed by atoms with Gasteiger partial charge < -0.3 is 14.8 Å². The van der Waals surface area contributed by atoms with Gasteiger partial charge in [-0.25, -0.2) is 8.42 Å². The molecule has 1 atom stereocenters. The third-order valence-electron chi connectivity index (χ3n) is 3.80. The van der Waals surface area contributed by atoms with E-state index >= 15 is 0 Å². The number of benzene rings is 2. The number of methoxy groups -OCH3 is 1. The highest BCUT2D eigenvalue weighted by atomic mass is 32.2. The molecule has 0 saturated carbocycles. The number of esters is 1. The molecule has 7 nitrogen and oxygen atoms in total. The summed E-state index contributed by atoms with van der Waals surface area (Å²) in [4.78, 5) is 12.3. The molecule has 0 spiro atoms. The van der Waals surface area contributed by atoms with Crippen molar-refractivity contribution in [1.82, 2.24) is 4.72 Å². The molecule has 2 rings (SSSR count). The summed E-state index contributed by atoms with van der Waals surface area (Å²) in [5.74, 6) is 0.0526. The van der Waals surface area contributed by atoms with Gasteiger partial charge in [0.25, 0.3) is 0 Å². The van der Waals surface area contributed by atoms with Gasteiger partial charge in [-0.3, -0.25) is 4.79 Å². The van der Waals surface area contributed by atoms with Crippen LogP contribution in [-0.2, 0) is 19.6 Å². The fraction of sp³-hybridized carbons (Fsp3) is 0.316. The van der Waals surface area contributed by atoms with E-state index in [2.05, 4.69) is 10.0 Å². The number of sulfonamides is 1. The molecule has 0 fully saturated rings. The third kappa shape index (κ3) is 5.97. The topological polar surface area (TPSA) is 93.7 Å². The van der Waals surface area contributed by atoms with E-state index in [1.54, 1.807) is 50.4 Å². The fourth-order valence-electron chi connectivity index (χ4n) is 2.32. The van der Waals surface area contributed by atoms with Crippen molar-refractivity contribution in [2.24, 2.45) is 0 Å². The monoisotopic (exact) mass is 392 g/mol. The first-order chi connectivity index (χ1) is 12.9. The Morgan fingerprint density at radius 1 is 1.07 bits per heavy atom. The van der Waals surface area contributed by atoms with Crippen molar-refractivity contribution >= 4 is 21.7 Å². The van der Waals surface area contributed by atoms with E-state index in [1.165, 1.54) is 12.1 Å². The van der Waals surface area contributed by atoms with Gasteiger partial charge in [-0.15, -0.1) is 0 Å². The molecular formula is C19H24N2O5S. The highest BCUT2D eigenvalue weighted by molar-refractivity contribution is 7.89. The van der Waals surface area contributed by atoms with Gasteiger partial charge in [-0.1, -0.05) is 17.7 Å². The molecular weight excluding hydrogens is 368 g/mol. The van der Waals surface area contributed by atoms with Crippen LogP contribution in [0.25, 0.3) is 0 Å². The molecule has 2 aromatic rings. The molecule has 8 heteroatoms. The summed E-state index contributed by atoms with van der Waals surface area (Å²) in [7, 11) is -2.30. The van der Waals surface area contributed by atoms with Crippen LogP contribution >= 0.6 is 0 Å². The van der Waals surface area contributed by atoms with Crippen LogP contribution < -0.4 is 14.8 Å². The molecule has 0 heterocycles. The average Bonchev–Trinajstić information content (AvgIpc) is 2.66. The summed E-state index contributed by atoms with van der Waals surface area (Å²) in [6, 6.07) is 12.4. The summed E-state index contributed by atoms with van der Waals surface area (Å²) in [6.45, 7) is 3.73. The number of anilines is 1. The second-order valence-electron chi connectivity index (χ2n) is 5.85. The molecule has 2 aromatic carbocycles. The molecule has 27 heavy (non-hydrogen) atoms. The maximum absolute atomic E-state index is 12.6. The minimum atomic E-state index is -3.87. The minimum Gasteiger partial charge on any atom is -0.497 e. The van der Waals surface area contributed by atoms with Crippen LogP contribution in [0, 0.1) is 6.92 Å². The van der Waals surface area contributed by atoms with Gasteiger partial charge in [0.2, 0.25) is 10.0 Å². The van der Waals surface area contributed by atoms with Crippen molar-refractivity contribution in [2.75, 3.05) is 25.6 Å². The van der Waals surface area contributed by atoms with E-state index < -0.39 is 22.0 Å². The number of aryl methyl sites for hydroxylation is 1. The molecule has 146 valence electrons. The zero-order chi connectivity index (χ0) is 19.9. The van der Waals surface area contributed by atoms with Crippen LogP contribution in [0.4, 0.5) is 5.69 Å². The zero-order valence-corrected chi connectivity index (χ0v) is 16.4. The molecule has 0 amide bonds. The van der Waals surface area contributed by atoms with Crippen molar-refractivity contribution in [3.8, 4) is 5.75 Å². The van der Waals surface area contributed by atoms with Crippen LogP contribution in [0.5, 0.6) is 5.75 Å².